The number of nitrogens with zero attached hydrogens (tertiary/aromatic N) is 2. The molecule has 1 aliphatic rings. The maximum absolute atomic E-state index is 6.04. The Balaban J connectivity index is 1.94. The van der Waals surface area contributed by atoms with Crippen LogP contribution in [0.25, 0.3) is 11.3 Å². The summed E-state index contributed by atoms with van der Waals surface area (Å²) in [4.78, 5) is 6.86. The third-order valence-corrected chi connectivity index (χ3v) is 4.59. The van der Waals surface area contributed by atoms with Gasteiger partial charge in [0.1, 0.15) is 6.73 Å². The predicted octanol–water partition coefficient (Wildman–Crippen LogP) is 4.69. The monoisotopic (exact) mass is 328 g/mol. The summed E-state index contributed by atoms with van der Waals surface area (Å²) in [5.74, 6) is 0. The Morgan fingerprint density at radius 2 is 1.95 bits per heavy atom. The molecule has 1 aromatic heterocycles. The topological polar surface area (TPSA) is 25.4 Å². The number of anilines is 1. The molecule has 3 nitrogen and oxygen atoms in total. The summed E-state index contributed by atoms with van der Waals surface area (Å²) < 4.78 is 5.53. The Hall–Kier alpha value is -0.810. The Bertz CT molecular complexity index is 622. The minimum atomic E-state index is -0.0267. The SMILES string of the molecule is CC1(C)COCN1c1nc(-c2cc(Cl)cc(Cl)c2)cs1. The van der Waals surface area contributed by atoms with Crippen molar-refractivity contribution in [3.8, 4) is 11.3 Å². The molecule has 1 fully saturated rings. The minimum absolute atomic E-state index is 0.0267. The Morgan fingerprint density at radius 3 is 2.55 bits per heavy atom. The fourth-order valence-corrected chi connectivity index (χ4v) is 3.69. The molecule has 0 unspecified atom stereocenters. The van der Waals surface area contributed by atoms with Gasteiger partial charge in [-0.2, -0.15) is 0 Å². The zero-order valence-corrected chi connectivity index (χ0v) is 13.5. The van der Waals surface area contributed by atoms with Crippen LogP contribution < -0.4 is 4.90 Å². The van der Waals surface area contributed by atoms with Gasteiger partial charge in [0, 0.05) is 21.0 Å². The Kier molecular flexibility index (Phi) is 3.67. The molecule has 3 rings (SSSR count). The maximum Gasteiger partial charge on any atom is 0.188 e. The lowest BCUT2D eigenvalue weighted by Gasteiger charge is -2.28. The van der Waals surface area contributed by atoms with Crippen molar-refractivity contribution in [2.45, 2.75) is 19.4 Å². The third-order valence-electron chi connectivity index (χ3n) is 3.29. The summed E-state index contributed by atoms with van der Waals surface area (Å²) in [6.07, 6.45) is 0. The van der Waals surface area contributed by atoms with Crippen LogP contribution in [0.2, 0.25) is 10.0 Å². The van der Waals surface area contributed by atoms with Crippen LogP contribution in [0.15, 0.2) is 23.6 Å². The standard InChI is InChI=1S/C14H14Cl2N2OS/c1-14(2)7-19-8-18(14)13-17-12(6-20-13)9-3-10(15)5-11(16)4-9/h3-6H,7-8H2,1-2H3. The van der Waals surface area contributed by atoms with E-state index >= 15 is 0 Å². The van der Waals surface area contributed by atoms with Crippen LogP contribution in [-0.4, -0.2) is 23.9 Å². The van der Waals surface area contributed by atoms with Gasteiger partial charge in [0.2, 0.25) is 0 Å². The number of hydrogen-bond donors (Lipinski definition) is 0. The quantitative estimate of drug-likeness (QED) is 0.799. The molecule has 0 atom stereocenters. The van der Waals surface area contributed by atoms with Gasteiger partial charge >= 0.3 is 0 Å². The number of rotatable bonds is 2. The van der Waals surface area contributed by atoms with Crippen LogP contribution in [0.1, 0.15) is 13.8 Å². The molecule has 1 saturated heterocycles. The summed E-state index contributed by atoms with van der Waals surface area (Å²) in [6, 6.07) is 5.47. The zero-order valence-electron chi connectivity index (χ0n) is 11.2. The highest BCUT2D eigenvalue weighted by Crippen LogP contribution is 2.35. The van der Waals surface area contributed by atoms with Gasteiger partial charge in [0.25, 0.3) is 0 Å². The van der Waals surface area contributed by atoms with Gasteiger partial charge in [-0.25, -0.2) is 4.98 Å². The van der Waals surface area contributed by atoms with Gasteiger partial charge in [0.15, 0.2) is 5.13 Å². The van der Waals surface area contributed by atoms with Gasteiger partial charge < -0.3 is 9.64 Å². The molecule has 0 bridgehead atoms. The fraction of sp³-hybridized carbons (Fsp3) is 0.357. The van der Waals surface area contributed by atoms with Crippen molar-refractivity contribution in [3.63, 3.8) is 0 Å². The van der Waals surface area contributed by atoms with E-state index in [-0.39, 0.29) is 5.54 Å². The third kappa shape index (κ3) is 2.66. The molecule has 0 aliphatic carbocycles. The summed E-state index contributed by atoms with van der Waals surface area (Å²) >= 11 is 13.7. The first kappa shape index (κ1) is 14.1. The van der Waals surface area contributed by atoms with E-state index in [2.05, 4.69) is 23.7 Å². The molecule has 0 saturated carbocycles. The van der Waals surface area contributed by atoms with Crippen molar-refractivity contribution in [3.05, 3.63) is 33.6 Å². The first-order valence-electron chi connectivity index (χ1n) is 6.23. The minimum Gasteiger partial charge on any atom is -0.359 e. The fourth-order valence-electron chi connectivity index (χ4n) is 2.18. The molecule has 2 aromatic rings. The highest BCUT2D eigenvalue weighted by atomic mass is 35.5. The lowest BCUT2D eigenvalue weighted by molar-refractivity contribution is 0.184. The zero-order chi connectivity index (χ0) is 14.3. The van der Waals surface area contributed by atoms with Gasteiger partial charge in [-0.05, 0) is 32.0 Å². The van der Waals surface area contributed by atoms with Crippen LogP contribution in [0.4, 0.5) is 5.13 Å². The lowest BCUT2D eigenvalue weighted by Crippen LogP contribution is -2.40. The number of hydrogen-bond acceptors (Lipinski definition) is 4. The number of ether oxygens (including phenoxy) is 1. The van der Waals surface area contributed by atoms with Crippen LogP contribution in [0.5, 0.6) is 0 Å². The van der Waals surface area contributed by atoms with E-state index in [9.17, 15) is 0 Å². The van der Waals surface area contributed by atoms with Crippen LogP contribution in [-0.2, 0) is 4.74 Å². The first-order valence-corrected chi connectivity index (χ1v) is 7.87. The lowest BCUT2D eigenvalue weighted by atomic mass is 10.1. The summed E-state index contributed by atoms with van der Waals surface area (Å²) in [5, 5.41) is 4.21. The number of benzene rings is 1. The second-order valence-corrected chi connectivity index (χ2v) is 7.10. The molecular formula is C14H14Cl2N2OS. The molecule has 1 aromatic carbocycles. The number of thiazole rings is 1. The van der Waals surface area contributed by atoms with E-state index in [0.29, 0.717) is 23.4 Å². The van der Waals surface area contributed by atoms with Gasteiger partial charge in [-0.15, -0.1) is 11.3 Å². The summed E-state index contributed by atoms with van der Waals surface area (Å²) in [5.41, 5.74) is 1.79. The van der Waals surface area contributed by atoms with Crippen molar-refractivity contribution in [1.82, 2.24) is 4.98 Å². The Labute approximate surface area is 132 Å². The van der Waals surface area contributed by atoms with Crippen molar-refractivity contribution >= 4 is 39.7 Å². The maximum atomic E-state index is 6.04. The molecule has 0 spiro atoms. The first-order chi connectivity index (χ1) is 9.45. The van der Waals surface area contributed by atoms with Crippen molar-refractivity contribution in [2.75, 3.05) is 18.2 Å². The van der Waals surface area contributed by atoms with E-state index in [1.54, 1.807) is 17.4 Å². The Morgan fingerprint density at radius 1 is 1.25 bits per heavy atom. The smallest absolute Gasteiger partial charge is 0.188 e. The van der Waals surface area contributed by atoms with Gasteiger partial charge in [-0.1, -0.05) is 23.2 Å². The number of aromatic nitrogens is 1. The van der Waals surface area contributed by atoms with E-state index in [1.165, 1.54) is 0 Å². The molecular weight excluding hydrogens is 315 g/mol. The largest absolute Gasteiger partial charge is 0.359 e. The summed E-state index contributed by atoms with van der Waals surface area (Å²) in [6.45, 7) is 5.59. The van der Waals surface area contributed by atoms with E-state index < -0.39 is 0 Å². The molecule has 0 N–H and O–H groups in total. The molecule has 20 heavy (non-hydrogen) atoms. The molecule has 0 radical (unpaired) electrons. The van der Waals surface area contributed by atoms with E-state index in [1.807, 2.05) is 17.5 Å². The second kappa shape index (κ2) is 5.19. The average molecular weight is 329 g/mol. The predicted molar refractivity (Wildman–Crippen MR) is 84.9 cm³/mol. The van der Waals surface area contributed by atoms with Crippen LogP contribution in [0.3, 0.4) is 0 Å². The molecule has 2 heterocycles. The van der Waals surface area contributed by atoms with Gasteiger partial charge in [-0.3, -0.25) is 0 Å². The molecule has 106 valence electrons. The van der Waals surface area contributed by atoms with Crippen LogP contribution in [0, 0.1) is 0 Å². The highest BCUT2D eigenvalue weighted by molar-refractivity contribution is 7.14. The van der Waals surface area contributed by atoms with E-state index in [4.69, 9.17) is 27.9 Å². The molecule has 0 amide bonds. The molecule has 1 aliphatic heterocycles. The highest BCUT2D eigenvalue weighted by Gasteiger charge is 2.34. The van der Waals surface area contributed by atoms with Crippen molar-refractivity contribution < 1.29 is 4.74 Å². The van der Waals surface area contributed by atoms with Crippen LogP contribution >= 0.6 is 34.5 Å². The second-order valence-electron chi connectivity index (χ2n) is 5.39. The van der Waals surface area contributed by atoms with E-state index in [0.717, 1.165) is 16.4 Å². The average Bonchev–Trinajstić information content (AvgIpc) is 2.93. The normalized spacial score (nSPS) is 17.7. The van der Waals surface area contributed by atoms with Crippen molar-refractivity contribution in [1.29, 1.82) is 0 Å². The number of halogens is 2. The van der Waals surface area contributed by atoms with Gasteiger partial charge in [0.05, 0.1) is 17.8 Å². The summed E-state index contributed by atoms with van der Waals surface area (Å²) in [7, 11) is 0. The van der Waals surface area contributed by atoms with Crippen molar-refractivity contribution in [2.24, 2.45) is 0 Å². The molecule has 6 heteroatoms.